The average Bonchev–Trinajstić information content (AvgIpc) is 3.24. The summed E-state index contributed by atoms with van der Waals surface area (Å²) >= 11 is 0. The van der Waals surface area contributed by atoms with Gasteiger partial charge in [-0.15, -0.1) is 0 Å². The van der Waals surface area contributed by atoms with E-state index in [1.54, 1.807) is 12.1 Å². The number of aromatic nitrogens is 2. The molecule has 0 unspecified atom stereocenters. The second-order valence-corrected chi connectivity index (χ2v) is 8.98. The van der Waals surface area contributed by atoms with Gasteiger partial charge in [0, 0.05) is 29.0 Å². The second-order valence-electron chi connectivity index (χ2n) is 8.98. The quantitative estimate of drug-likeness (QED) is 0.260. The smallest absolute Gasteiger partial charge is 0.349 e. The third-order valence-corrected chi connectivity index (χ3v) is 6.18. The van der Waals surface area contributed by atoms with Crippen LogP contribution < -0.4 is 10.3 Å². The summed E-state index contributed by atoms with van der Waals surface area (Å²) < 4.78 is 17.1. The first-order valence-corrected chi connectivity index (χ1v) is 12.2. The van der Waals surface area contributed by atoms with Gasteiger partial charge in [0.2, 0.25) is 0 Å². The van der Waals surface area contributed by atoms with Crippen molar-refractivity contribution in [2.75, 3.05) is 6.61 Å². The first-order valence-electron chi connectivity index (χ1n) is 12.2. The first-order chi connectivity index (χ1) is 18.1. The number of rotatable bonds is 9. The minimum absolute atomic E-state index is 0.0224. The Morgan fingerprint density at radius 2 is 1.87 bits per heavy atom. The number of phenolic OH excluding ortho intramolecular Hbond substituents is 1. The molecule has 0 spiro atoms. The number of hydrogen-bond donors (Lipinski definition) is 1. The molecule has 3 aromatic rings. The highest BCUT2D eigenvalue weighted by Crippen LogP contribution is 2.38. The zero-order valence-electron chi connectivity index (χ0n) is 21.5. The van der Waals surface area contributed by atoms with Gasteiger partial charge in [-0.3, -0.25) is 9.59 Å². The summed E-state index contributed by atoms with van der Waals surface area (Å²) in [5.74, 6) is -2.17. The molecule has 0 amide bonds. The lowest BCUT2D eigenvalue weighted by Crippen LogP contribution is -2.27. The maximum absolute atomic E-state index is 13.6. The predicted molar refractivity (Wildman–Crippen MR) is 138 cm³/mol. The van der Waals surface area contributed by atoms with Gasteiger partial charge in [0.25, 0.3) is 5.56 Å². The number of pyridine rings is 2. The highest BCUT2D eigenvalue weighted by molar-refractivity contribution is 5.90. The zero-order chi connectivity index (χ0) is 27.6. The summed E-state index contributed by atoms with van der Waals surface area (Å²) in [6, 6.07) is 6.39. The molecular formula is C28H28N2O8. The molecule has 0 radical (unpaired) electrons. The largest absolute Gasteiger partial charge is 0.508 e. The van der Waals surface area contributed by atoms with Crippen LogP contribution >= 0.6 is 0 Å². The van der Waals surface area contributed by atoms with E-state index in [0.717, 1.165) is 16.5 Å². The molecule has 0 saturated carbocycles. The molecule has 1 aromatic carbocycles. The molecule has 0 fully saturated rings. The predicted octanol–water partition coefficient (Wildman–Crippen LogP) is 3.56. The molecule has 1 aliphatic heterocycles. The maximum atomic E-state index is 13.6. The number of hydrogen-bond acceptors (Lipinski definition) is 9. The molecule has 10 heteroatoms. The highest BCUT2D eigenvalue weighted by Gasteiger charge is 2.29. The lowest BCUT2D eigenvalue weighted by Gasteiger charge is -2.14. The van der Waals surface area contributed by atoms with Crippen LogP contribution in [0.3, 0.4) is 0 Å². The SMILES string of the molecule is C=C(C)C(=O)OCC(=O)Oc1cc2n(c(=O)c1COC(=O)CCC)Cc1c-2nc2ccc(O)cc2c1CC. The Morgan fingerprint density at radius 1 is 1.11 bits per heavy atom. The van der Waals surface area contributed by atoms with Gasteiger partial charge in [0.1, 0.15) is 18.1 Å². The Kier molecular flexibility index (Phi) is 7.61. The van der Waals surface area contributed by atoms with E-state index in [9.17, 15) is 24.3 Å². The normalized spacial score (nSPS) is 11.6. The zero-order valence-corrected chi connectivity index (χ0v) is 21.5. The van der Waals surface area contributed by atoms with Gasteiger partial charge in [0.15, 0.2) is 6.61 Å². The summed E-state index contributed by atoms with van der Waals surface area (Å²) in [6.07, 6.45) is 1.37. The number of fused-ring (bicyclic) bond motifs is 4. The lowest BCUT2D eigenvalue weighted by atomic mass is 9.98. The van der Waals surface area contributed by atoms with Crippen molar-refractivity contribution in [3.05, 3.63) is 63.5 Å². The summed E-state index contributed by atoms with van der Waals surface area (Å²) in [4.78, 5) is 54.6. The first kappa shape index (κ1) is 26.6. The van der Waals surface area contributed by atoms with Crippen LogP contribution in [0, 0.1) is 0 Å². The van der Waals surface area contributed by atoms with Crippen molar-refractivity contribution in [2.24, 2.45) is 0 Å². The molecular weight excluding hydrogens is 492 g/mol. The number of carbonyl (C=O) groups is 3. The van der Waals surface area contributed by atoms with Crippen molar-refractivity contribution in [1.82, 2.24) is 9.55 Å². The van der Waals surface area contributed by atoms with Gasteiger partial charge < -0.3 is 23.9 Å². The van der Waals surface area contributed by atoms with E-state index in [0.29, 0.717) is 29.7 Å². The number of aromatic hydroxyl groups is 1. The number of phenols is 1. The number of aryl methyl sites for hydroxylation is 1. The molecule has 1 aliphatic rings. The van der Waals surface area contributed by atoms with Gasteiger partial charge in [-0.1, -0.05) is 20.4 Å². The van der Waals surface area contributed by atoms with E-state index in [-0.39, 0.29) is 35.6 Å². The Morgan fingerprint density at radius 3 is 2.55 bits per heavy atom. The third-order valence-electron chi connectivity index (χ3n) is 6.18. The lowest BCUT2D eigenvalue weighted by molar-refractivity contribution is -0.150. The fourth-order valence-electron chi connectivity index (χ4n) is 4.37. The number of benzene rings is 1. The summed E-state index contributed by atoms with van der Waals surface area (Å²) in [5, 5.41) is 10.8. The van der Waals surface area contributed by atoms with Crippen molar-refractivity contribution in [2.45, 2.75) is 53.2 Å². The van der Waals surface area contributed by atoms with Crippen LogP contribution in [-0.4, -0.2) is 39.2 Å². The van der Waals surface area contributed by atoms with E-state index >= 15 is 0 Å². The van der Waals surface area contributed by atoms with Crippen molar-refractivity contribution < 1.29 is 33.7 Å². The Labute approximate surface area is 218 Å². The highest BCUT2D eigenvalue weighted by atomic mass is 16.6. The molecule has 1 N–H and O–H groups in total. The van der Waals surface area contributed by atoms with Crippen LogP contribution in [0.1, 0.15) is 50.3 Å². The van der Waals surface area contributed by atoms with Gasteiger partial charge in [0.05, 0.1) is 29.0 Å². The van der Waals surface area contributed by atoms with Crippen molar-refractivity contribution in [3.8, 4) is 22.9 Å². The molecule has 3 heterocycles. The third kappa shape index (κ3) is 5.15. The van der Waals surface area contributed by atoms with E-state index < -0.39 is 36.7 Å². The van der Waals surface area contributed by atoms with E-state index in [1.165, 1.54) is 23.6 Å². The van der Waals surface area contributed by atoms with E-state index in [1.807, 2.05) is 13.8 Å². The van der Waals surface area contributed by atoms with Crippen molar-refractivity contribution in [3.63, 3.8) is 0 Å². The monoisotopic (exact) mass is 520 g/mol. The second kappa shape index (κ2) is 10.9. The fourth-order valence-corrected chi connectivity index (χ4v) is 4.37. The van der Waals surface area contributed by atoms with Gasteiger partial charge in [-0.25, -0.2) is 14.6 Å². The minimum Gasteiger partial charge on any atom is -0.508 e. The van der Waals surface area contributed by atoms with Crippen molar-refractivity contribution in [1.29, 1.82) is 0 Å². The molecule has 0 aliphatic carbocycles. The van der Waals surface area contributed by atoms with Crippen LogP contribution in [0.25, 0.3) is 22.3 Å². The van der Waals surface area contributed by atoms with Crippen LogP contribution in [-0.2, 0) is 43.4 Å². The number of carbonyl (C=O) groups excluding carboxylic acids is 3. The Balaban J connectivity index is 1.79. The molecule has 38 heavy (non-hydrogen) atoms. The van der Waals surface area contributed by atoms with Crippen LogP contribution in [0.2, 0.25) is 0 Å². The number of ether oxygens (including phenoxy) is 3. The summed E-state index contributed by atoms with van der Waals surface area (Å²) in [7, 11) is 0. The molecule has 0 saturated heterocycles. The average molecular weight is 521 g/mol. The van der Waals surface area contributed by atoms with Crippen LogP contribution in [0.4, 0.5) is 0 Å². The Hall–Kier alpha value is -4.47. The molecule has 2 aromatic heterocycles. The Bertz CT molecular complexity index is 1540. The van der Waals surface area contributed by atoms with Gasteiger partial charge in [-0.05, 0) is 43.5 Å². The summed E-state index contributed by atoms with van der Waals surface area (Å²) in [6.45, 7) is 7.83. The fraction of sp³-hybridized carbons (Fsp3) is 0.321. The molecule has 0 bridgehead atoms. The molecule has 10 nitrogen and oxygen atoms in total. The number of esters is 3. The standard InChI is InChI=1S/C28H28N2O8/c1-5-7-24(32)36-13-20-23(38-25(33)14-37-28(35)15(3)4)11-22-26-19(12-30(22)27(20)34)17(6-2)18-10-16(31)8-9-21(18)29-26/h8-11,31H,3,5-7,12-14H2,1-2,4H3. The van der Waals surface area contributed by atoms with Crippen molar-refractivity contribution >= 4 is 28.8 Å². The molecule has 4 rings (SSSR count). The molecule has 198 valence electrons. The van der Waals surface area contributed by atoms with Gasteiger partial charge >= 0.3 is 17.9 Å². The molecule has 0 atom stereocenters. The topological polar surface area (TPSA) is 134 Å². The minimum atomic E-state index is -0.917. The van der Waals surface area contributed by atoms with Crippen LogP contribution in [0.15, 0.2) is 41.2 Å². The maximum Gasteiger partial charge on any atom is 0.349 e. The van der Waals surface area contributed by atoms with Crippen LogP contribution in [0.5, 0.6) is 11.5 Å². The van der Waals surface area contributed by atoms with E-state index in [4.69, 9.17) is 19.2 Å². The van der Waals surface area contributed by atoms with E-state index in [2.05, 4.69) is 6.58 Å². The summed E-state index contributed by atoms with van der Waals surface area (Å²) in [5.41, 5.74) is 2.97. The van der Waals surface area contributed by atoms with Gasteiger partial charge in [-0.2, -0.15) is 0 Å². The number of nitrogens with zero attached hydrogens (tertiary/aromatic N) is 2.